The average Bonchev–Trinajstić information content (AvgIpc) is 2.86. The van der Waals surface area contributed by atoms with Gasteiger partial charge in [-0.3, -0.25) is 4.79 Å². The number of thioether (sulfide) groups is 1. The van der Waals surface area contributed by atoms with Gasteiger partial charge in [0.1, 0.15) is 10.8 Å². The van der Waals surface area contributed by atoms with E-state index < -0.39 is 0 Å². The number of pyridine rings is 1. The third kappa shape index (κ3) is 5.74. The van der Waals surface area contributed by atoms with Gasteiger partial charge in [0, 0.05) is 38.8 Å². The van der Waals surface area contributed by atoms with Crippen molar-refractivity contribution < 1.29 is 4.79 Å². The predicted molar refractivity (Wildman–Crippen MR) is 136 cm³/mol. The van der Waals surface area contributed by atoms with Gasteiger partial charge < -0.3 is 15.5 Å². The molecule has 0 atom stereocenters. The van der Waals surface area contributed by atoms with E-state index in [-0.39, 0.29) is 5.91 Å². The van der Waals surface area contributed by atoms with Crippen molar-refractivity contribution in [2.24, 2.45) is 11.8 Å². The van der Waals surface area contributed by atoms with E-state index in [4.69, 9.17) is 9.97 Å². The Morgan fingerprint density at radius 2 is 1.76 bits per heavy atom. The molecule has 4 rings (SSSR count). The average molecular weight is 465 g/mol. The normalized spacial score (nSPS) is 18.2. The van der Waals surface area contributed by atoms with Gasteiger partial charge in [0.05, 0.1) is 11.1 Å². The Hall–Kier alpha value is -2.87. The minimum Gasteiger partial charge on any atom is -0.362 e. The van der Waals surface area contributed by atoms with Crippen molar-refractivity contribution in [2.45, 2.75) is 30.7 Å². The maximum absolute atomic E-state index is 12.6. The van der Waals surface area contributed by atoms with E-state index in [0.717, 1.165) is 60.5 Å². The maximum Gasteiger partial charge on any atom is 0.254 e. The van der Waals surface area contributed by atoms with Gasteiger partial charge in [0.15, 0.2) is 0 Å². The van der Waals surface area contributed by atoms with Crippen molar-refractivity contribution in [3.8, 4) is 0 Å². The smallest absolute Gasteiger partial charge is 0.254 e. The summed E-state index contributed by atoms with van der Waals surface area (Å²) in [6.07, 6.45) is 8.20. The van der Waals surface area contributed by atoms with Gasteiger partial charge in [-0.2, -0.15) is 4.98 Å². The first kappa shape index (κ1) is 23.3. The zero-order valence-corrected chi connectivity index (χ0v) is 20.4. The summed E-state index contributed by atoms with van der Waals surface area (Å²) in [6, 6.07) is 11.8. The molecule has 2 N–H and O–H groups in total. The number of fused-ring (bicyclic) bond motifs is 1. The van der Waals surface area contributed by atoms with Crippen molar-refractivity contribution in [3.63, 3.8) is 0 Å². The summed E-state index contributed by atoms with van der Waals surface area (Å²) in [5.41, 5.74) is 1.62. The molecule has 3 aromatic rings. The highest BCUT2D eigenvalue weighted by Gasteiger charge is 2.22. The van der Waals surface area contributed by atoms with Crippen LogP contribution in [-0.2, 0) is 0 Å². The lowest BCUT2D eigenvalue weighted by Crippen LogP contribution is -2.32. The first-order valence-electron chi connectivity index (χ1n) is 11.5. The summed E-state index contributed by atoms with van der Waals surface area (Å²) in [7, 11) is 4.02. The monoisotopic (exact) mass is 464 g/mol. The Morgan fingerprint density at radius 1 is 1.03 bits per heavy atom. The maximum atomic E-state index is 12.6. The lowest BCUT2D eigenvalue weighted by atomic mass is 9.82. The summed E-state index contributed by atoms with van der Waals surface area (Å²) >= 11 is 1.50. The van der Waals surface area contributed by atoms with Crippen molar-refractivity contribution in [1.82, 2.24) is 20.3 Å². The minimum atomic E-state index is -0.0265. The van der Waals surface area contributed by atoms with Crippen LogP contribution in [0, 0.1) is 11.8 Å². The predicted octanol–water partition coefficient (Wildman–Crippen LogP) is 4.46. The van der Waals surface area contributed by atoms with Gasteiger partial charge in [-0.15, -0.1) is 11.8 Å². The molecule has 0 spiro atoms. The number of amides is 1. The Balaban J connectivity index is 1.27. The van der Waals surface area contributed by atoms with E-state index >= 15 is 0 Å². The van der Waals surface area contributed by atoms with Crippen molar-refractivity contribution in [2.75, 3.05) is 43.7 Å². The van der Waals surface area contributed by atoms with Crippen molar-refractivity contribution >= 4 is 40.3 Å². The highest BCUT2D eigenvalue weighted by atomic mass is 32.2. The zero-order valence-electron chi connectivity index (χ0n) is 19.5. The van der Waals surface area contributed by atoms with Crippen LogP contribution in [0.2, 0.25) is 0 Å². The van der Waals surface area contributed by atoms with Gasteiger partial charge in [0.25, 0.3) is 5.91 Å². The molecular formula is C25H32N6OS. The Bertz CT molecular complexity index is 1100. The molecule has 1 amide bonds. The molecule has 1 aliphatic carbocycles. The molecular weight excluding hydrogens is 432 g/mol. The van der Waals surface area contributed by atoms with Crippen LogP contribution in [0.5, 0.6) is 0 Å². The third-order valence-corrected chi connectivity index (χ3v) is 6.99. The topological polar surface area (TPSA) is 83.0 Å². The van der Waals surface area contributed by atoms with E-state index in [1.54, 1.807) is 6.20 Å². The van der Waals surface area contributed by atoms with Crippen LogP contribution in [-0.4, -0.2) is 54.3 Å². The minimum absolute atomic E-state index is 0.0265. The van der Waals surface area contributed by atoms with Gasteiger partial charge in [0.2, 0.25) is 5.95 Å². The number of aromatic nitrogens is 3. The first-order valence-corrected chi connectivity index (χ1v) is 12.7. The number of carbonyl (C=O) groups is 1. The number of nitrogens with zero attached hydrogens (tertiary/aromatic N) is 4. The highest BCUT2D eigenvalue weighted by Crippen LogP contribution is 2.29. The van der Waals surface area contributed by atoms with Crippen LogP contribution in [0.15, 0.2) is 47.6 Å². The van der Waals surface area contributed by atoms with Crippen molar-refractivity contribution in [1.29, 1.82) is 0 Å². The second-order valence-electron chi connectivity index (χ2n) is 8.82. The van der Waals surface area contributed by atoms with Gasteiger partial charge in [-0.1, -0.05) is 12.1 Å². The molecule has 33 heavy (non-hydrogen) atoms. The van der Waals surface area contributed by atoms with Gasteiger partial charge in [-0.25, -0.2) is 9.97 Å². The molecule has 0 aliphatic heterocycles. The van der Waals surface area contributed by atoms with Crippen LogP contribution < -0.4 is 15.5 Å². The summed E-state index contributed by atoms with van der Waals surface area (Å²) in [5, 5.41) is 8.43. The van der Waals surface area contributed by atoms with Crippen LogP contribution in [0.1, 0.15) is 36.0 Å². The van der Waals surface area contributed by atoms with Crippen LogP contribution >= 0.6 is 11.8 Å². The molecule has 1 aliphatic rings. The number of hydrogen-bond acceptors (Lipinski definition) is 7. The number of rotatable bonds is 8. The number of anilines is 2. The van der Waals surface area contributed by atoms with Gasteiger partial charge in [-0.05, 0) is 68.0 Å². The fourth-order valence-corrected chi connectivity index (χ4v) is 4.96. The lowest BCUT2D eigenvalue weighted by molar-refractivity contribution is 0.0938. The van der Waals surface area contributed by atoms with Crippen LogP contribution in [0.3, 0.4) is 0 Å². The summed E-state index contributed by atoms with van der Waals surface area (Å²) in [6.45, 7) is 1.60. The Kier molecular flexibility index (Phi) is 7.65. The molecule has 0 radical (unpaired) electrons. The second kappa shape index (κ2) is 10.8. The Morgan fingerprint density at radius 3 is 2.48 bits per heavy atom. The fourth-order valence-electron chi connectivity index (χ4n) is 4.41. The number of hydrogen-bond donors (Lipinski definition) is 2. The Labute approximate surface area is 199 Å². The standard InChI is InChI=1S/C25H32N6OS/c1-31(2)22-19-7-4-5-9-21(19)29-25(30-22)28-16-18-12-10-17(11-13-18)15-27-23(32)20-8-6-14-26-24(20)33-3/h4-9,14,17-18H,10-13,15-16H2,1-3H3,(H,27,32)(H,28,29,30). The van der Waals surface area contributed by atoms with E-state index in [1.807, 2.05) is 55.6 Å². The molecule has 2 heterocycles. The SMILES string of the molecule is CSc1ncccc1C(=O)NCC1CCC(CNc2nc(N(C)C)c3ccccc3n2)CC1. The summed E-state index contributed by atoms with van der Waals surface area (Å²) < 4.78 is 0. The lowest BCUT2D eigenvalue weighted by Gasteiger charge is -2.29. The summed E-state index contributed by atoms with van der Waals surface area (Å²) in [5.74, 6) is 2.71. The molecule has 8 heteroatoms. The second-order valence-corrected chi connectivity index (χ2v) is 9.62. The number of benzene rings is 1. The first-order chi connectivity index (χ1) is 16.0. The number of carbonyl (C=O) groups excluding carboxylic acids is 1. The van der Waals surface area contributed by atoms with E-state index in [9.17, 15) is 4.79 Å². The van der Waals surface area contributed by atoms with Crippen LogP contribution in [0.4, 0.5) is 11.8 Å². The van der Waals surface area contributed by atoms with E-state index in [2.05, 4.69) is 21.7 Å². The quantitative estimate of drug-likeness (QED) is 0.476. The van der Waals surface area contributed by atoms with E-state index in [0.29, 0.717) is 23.3 Å². The molecule has 2 aromatic heterocycles. The molecule has 1 saturated carbocycles. The van der Waals surface area contributed by atoms with Crippen LogP contribution in [0.25, 0.3) is 10.9 Å². The highest BCUT2D eigenvalue weighted by molar-refractivity contribution is 7.98. The molecule has 1 aromatic carbocycles. The largest absolute Gasteiger partial charge is 0.362 e. The molecule has 0 unspecified atom stereocenters. The molecule has 0 saturated heterocycles. The zero-order chi connectivity index (χ0) is 23.2. The number of nitrogens with one attached hydrogen (secondary N) is 2. The van der Waals surface area contributed by atoms with E-state index in [1.165, 1.54) is 11.8 Å². The summed E-state index contributed by atoms with van der Waals surface area (Å²) in [4.78, 5) is 28.3. The third-order valence-electron chi connectivity index (χ3n) is 6.28. The van der Waals surface area contributed by atoms with Crippen molar-refractivity contribution in [3.05, 3.63) is 48.2 Å². The molecule has 7 nitrogen and oxygen atoms in total. The number of para-hydroxylation sites is 1. The molecule has 0 bridgehead atoms. The fraction of sp³-hybridized carbons (Fsp3) is 0.440. The van der Waals surface area contributed by atoms with Gasteiger partial charge >= 0.3 is 0 Å². The molecule has 174 valence electrons. The molecule has 1 fully saturated rings.